The molecule has 4 nitrogen and oxygen atoms in total. The van der Waals surface area contributed by atoms with Crippen molar-refractivity contribution in [2.75, 3.05) is 26.3 Å². The van der Waals surface area contributed by atoms with Gasteiger partial charge in [-0.25, -0.2) is 0 Å². The zero-order chi connectivity index (χ0) is 13.8. The van der Waals surface area contributed by atoms with Crippen LogP contribution in [0.15, 0.2) is 18.2 Å². The highest BCUT2D eigenvalue weighted by atomic mass is 35.5. The van der Waals surface area contributed by atoms with Gasteiger partial charge in [-0.2, -0.15) is 0 Å². The number of carbonyl (C=O) groups is 1. The molecule has 0 saturated carbocycles. The van der Waals surface area contributed by atoms with Crippen LogP contribution in [0.2, 0.25) is 5.02 Å². The molecule has 0 aromatic heterocycles. The number of rotatable bonds is 3. The molecular weight excluding hydrogens is 266 g/mol. The number of ether oxygens (including phenoxy) is 2. The number of nitrogens with zero attached hydrogens (tertiary/aromatic N) is 1. The highest BCUT2D eigenvalue weighted by molar-refractivity contribution is 6.32. The summed E-state index contributed by atoms with van der Waals surface area (Å²) in [6.45, 7) is 6.11. The highest BCUT2D eigenvalue weighted by Crippen LogP contribution is 2.26. The van der Waals surface area contributed by atoms with E-state index in [1.54, 1.807) is 17.9 Å². The second-order valence-electron chi connectivity index (χ2n) is 4.63. The standard InChI is InChI=1S/C14H18ClNO3/c1-10-3-4-12(15)13(9-10)19-11(2)14(17)16-5-7-18-8-6-16/h3-4,9,11H,5-8H2,1-2H3/t11-/m1/s1. The van der Waals surface area contributed by atoms with Gasteiger partial charge in [0.15, 0.2) is 6.10 Å². The van der Waals surface area contributed by atoms with Gasteiger partial charge in [-0.1, -0.05) is 17.7 Å². The molecule has 19 heavy (non-hydrogen) atoms. The molecular formula is C14H18ClNO3. The molecule has 0 aliphatic carbocycles. The lowest BCUT2D eigenvalue weighted by Gasteiger charge is -2.29. The van der Waals surface area contributed by atoms with Crippen LogP contribution < -0.4 is 4.74 Å². The fraction of sp³-hybridized carbons (Fsp3) is 0.500. The van der Waals surface area contributed by atoms with Crippen molar-refractivity contribution in [3.63, 3.8) is 0 Å². The Kier molecular flexibility index (Phi) is 4.66. The van der Waals surface area contributed by atoms with Gasteiger partial charge in [0.1, 0.15) is 5.75 Å². The summed E-state index contributed by atoms with van der Waals surface area (Å²) >= 11 is 6.06. The van der Waals surface area contributed by atoms with E-state index in [0.29, 0.717) is 37.1 Å². The fourth-order valence-corrected chi connectivity index (χ4v) is 2.14. The molecule has 0 N–H and O–H groups in total. The van der Waals surface area contributed by atoms with Gasteiger partial charge in [0.05, 0.1) is 18.2 Å². The summed E-state index contributed by atoms with van der Waals surface area (Å²) in [5, 5.41) is 0.521. The van der Waals surface area contributed by atoms with Crippen LogP contribution >= 0.6 is 11.6 Å². The van der Waals surface area contributed by atoms with E-state index >= 15 is 0 Å². The maximum atomic E-state index is 12.2. The maximum absolute atomic E-state index is 12.2. The summed E-state index contributed by atoms with van der Waals surface area (Å²) in [5.74, 6) is 0.525. The minimum Gasteiger partial charge on any atom is -0.479 e. The molecule has 1 aliphatic rings. The Hall–Kier alpha value is -1.26. The van der Waals surface area contributed by atoms with E-state index in [4.69, 9.17) is 21.1 Å². The first kappa shape index (κ1) is 14.2. The molecule has 104 valence electrons. The summed E-state index contributed by atoms with van der Waals surface area (Å²) < 4.78 is 10.9. The molecule has 0 bridgehead atoms. The van der Waals surface area contributed by atoms with E-state index in [-0.39, 0.29) is 5.91 Å². The van der Waals surface area contributed by atoms with Gasteiger partial charge in [0, 0.05) is 13.1 Å². The number of hydrogen-bond donors (Lipinski definition) is 0. The number of carbonyl (C=O) groups excluding carboxylic acids is 1. The predicted molar refractivity (Wildman–Crippen MR) is 73.7 cm³/mol. The van der Waals surface area contributed by atoms with E-state index in [1.807, 2.05) is 19.1 Å². The summed E-state index contributed by atoms with van der Waals surface area (Å²) in [7, 11) is 0. The normalized spacial score (nSPS) is 17.1. The largest absolute Gasteiger partial charge is 0.479 e. The van der Waals surface area contributed by atoms with Crippen molar-refractivity contribution in [3.05, 3.63) is 28.8 Å². The molecule has 0 unspecified atom stereocenters. The molecule has 0 radical (unpaired) electrons. The van der Waals surface area contributed by atoms with Gasteiger partial charge >= 0.3 is 0 Å². The molecule has 1 aromatic carbocycles. The number of halogens is 1. The summed E-state index contributed by atoms with van der Waals surface area (Å²) in [4.78, 5) is 14.0. The monoisotopic (exact) mass is 283 g/mol. The summed E-state index contributed by atoms with van der Waals surface area (Å²) in [5.41, 5.74) is 1.05. The van der Waals surface area contributed by atoms with Crippen LogP contribution in [0.3, 0.4) is 0 Å². The van der Waals surface area contributed by atoms with Gasteiger partial charge in [0.2, 0.25) is 0 Å². The first-order valence-corrected chi connectivity index (χ1v) is 6.75. The van der Waals surface area contributed by atoms with Crippen LogP contribution in [0.25, 0.3) is 0 Å². The lowest BCUT2D eigenvalue weighted by molar-refractivity contribution is -0.142. The third kappa shape index (κ3) is 3.61. The Bertz CT molecular complexity index is 458. The topological polar surface area (TPSA) is 38.8 Å². The molecule has 1 heterocycles. The van der Waals surface area contributed by atoms with E-state index in [0.717, 1.165) is 5.56 Å². The third-order valence-corrected chi connectivity index (χ3v) is 3.37. The summed E-state index contributed by atoms with van der Waals surface area (Å²) in [6.07, 6.45) is -0.544. The predicted octanol–water partition coefficient (Wildman–Crippen LogP) is 2.27. The smallest absolute Gasteiger partial charge is 0.263 e. The fourth-order valence-electron chi connectivity index (χ4n) is 1.98. The Morgan fingerprint density at radius 1 is 1.42 bits per heavy atom. The highest BCUT2D eigenvalue weighted by Gasteiger charge is 2.24. The Morgan fingerprint density at radius 2 is 2.11 bits per heavy atom. The van der Waals surface area contributed by atoms with Crippen molar-refractivity contribution < 1.29 is 14.3 Å². The van der Waals surface area contributed by atoms with Crippen molar-refractivity contribution in [1.29, 1.82) is 0 Å². The molecule has 1 saturated heterocycles. The molecule has 0 spiro atoms. The molecule has 5 heteroatoms. The number of benzene rings is 1. The lowest BCUT2D eigenvalue weighted by Crippen LogP contribution is -2.46. The van der Waals surface area contributed by atoms with Crippen molar-refractivity contribution in [2.45, 2.75) is 20.0 Å². The van der Waals surface area contributed by atoms with E-state index in [1.165, 1.54) is 0 Å². The first-order chi connectivity index (χ1) is 9.08. The van der Waals surface area contributed by atoms with Gasteiger partial charge in [0.25, 0.3) is 5.91 Å². The van der Waals surface area contributed by atoms with Crippen LogP contribution in [0, 0.1) is 6.92 Å². The zero-order valence-electron chi connectivity index (χ0n) is 11.2. The number of aryl methyl sites for hydroxylation is 1. The van der Waals surface area contributed by atoms with Crippen molar-refractivity contribution in [2.24, 2.45) is 0 Å². The van der Waals surface area contributed by atoms with Gasteiger partial charge < -0.3 is 14.4 Å². The molecule has 1 fully saturated rings. The summed E-state index contributed by atoms with van der Waals surface area (Å²) in [6, 6.07) is 5.52. The number of morpholine rings is 1. The van der Waals surface area contributed by atoms with Crippen molar-refractivity contribution >= 4 is 17.5 Å². The third-order valence-electron chi connectivity index (χ3n) is 3.06. The second-order valence-corrected chi connectivity index (χ2v) is 5.04. The van der Waals surface area contributed by atoms with E-state index < -0.39 is 6.10 Å². The Balaban J connectivity index is 2.01. The molecule has 1 atom stereocenters. The van der Waals surface area contributed by atoms with Crippen LogP contribution in [-0.4, -0.2) is 43.2 Å². The van der Waals surface area contributed by atoms with Gasteiger partial charge in [-0.15, -0.1) is 0 Å². The maximum Gasteiger partial charge on any atom is 0.263 e. The van der Waals surface area contributed by atoms with E-state index in [2.05, 4.69) is 0 Å². The van der Waals surface area contributed by atoms with Crippen molar-refractivity contribution in [1.82, 2.24) is 4.90 Å². The van der Waals surface area contributed by atoms with Crippen molar-refractivity contribution in [3.8, 4) is 5.75 Å². The molecule has 1 aromatic rings. The number of amides is 1. The van der Waals surface area contributed by atoms with Crippen LogP contribution in [0.5, 0.6) is 5.75 Å². The zero-order valence-corrected chi connectivity index (χ0v) is 11.9. The average molecular weight is 284 g/mol. The van der Waals surface area contributed by atoms with Crippen LogP contribution in [0.4, 0.5) is 0 Å². The number of hydrogen-bond acceptors (Lipinski definition) is 3. The first-order valence-electron chi connectivity index (χ1n) is 6.37. The Morgan fingerprint density at radius 3 is 2.79 bits per heavy atom. The minimum atomic E-state index is -0.544. The second kappa shape index (κ2) is 6.26. The SMILES string of the molecule is Cc1ccc(Cl)c(O[C@H](C)C(=O)N2CCOCC2)c1. The average Bonchev–Trinajstić information content (AvgIpc) is 2.43. The lowest BCUT2D eigenvalue weighted by atomic mass is 10.2. The Labute approximate surface area is 118 Å². The minimum absolute atomic E-state index is 0.0270. The van der Waals surface area contributed by atoms with Gasteiger partial charge in [-0.05, 0) is 31.5 Å². The molecule has 2 rings (SSSR count). The van der Waals surface area contributed by atoms with E-state index in [9.17, 15) is 4.79 Å². The van der Waals surface area contributed by atoms with Gasteiger partial charge in [-0.3, -0.25) is 4.79 Å². The van der Waals surface area contributed by atoms with Crippen LogP contribution in [0.1, 0.15) is 12.5 Å². The quantitative estimate of drug-likeness (QED) is 0.854. The molecule has 1 amide bonds. The van der Waals surface area contributed by atoms with Crippen LogP contribution in [-0.2, 0) is 9.53 Å². The molecule has 1 aliphatic heterocycles.